The number of nitriles is 1. The molecule has 23 heavy (non-hydrogen) atoms. The van der Waals surface area contributed by atoms with E-state index in [0.717, 1.165) is 6.07 Å². The summed E-state index contributed by atoms with van der Waals surface area (Å²) in [5.74, 6) is -0.721. The first-order valence-electron chi connectivity index (χ1n) is 6.36. The lowest BCUT2D eigenvalue weighted by molar-refractivity contribution is -0.386. The lowest BCUT2D eigenvalue weighted by atomic mass is 10.0. The molecule has 0 amide bonds. The molecule has 0 bridgehead atoms. The van der Waals surface area contributed by atoms with Gasteiger partial charge in [-0.3, -0.25) is 15.1 Å². The molecule has 2 rings (SSSR count). The van der Waals surface area contributed by atoms with Crippen LogP contribution in [0, 0.1) is 21.4 Å². The quantitative estimate of drug-likeness (QED) is 0.501. The predicted octanol–water partition coefficient (Wildman–Crippen LogP) is 2.05. The van der Waals surface area contributed by atoms with Crippen LogP contribution < -0.4 is 10.5 Å². The van der Waals surface area contributed by atoms with Crippen LogP contribution in [0.1, 0.15) is 11.3 Å². The van der Waals surface area contributed by atoms with Crippen LogP contribution in [0.5, 0.6) is 11.5 Å². The third kappa shape index (κ3) is 3.03. The van der Waals surface area contributed by atoms with Crippen LogP contribution in [0.3, 0.4) is 0 Å². The number of aromatic hydroxyl groups is 1. The molecule has 0 saturated heterocycles. The van der Waals surface area contributed by atoms with Crippen LogP contribution in [0.4, 0.5) is 5.69 Å². The zero-order valence-corrected chi connectivity index (χ0v) is 12.1. The first-order valence-corrected chi connectivity index (χ1v) is 6.36. The van der Waals surface area contributed by atoms with E-state index in [1.165, 1.54) is 19.4 Å². The Balaban J connectivity index is 2.69. The van der Waals surface area contributed by atoms with Gasteiger partial charge in [0.25, 0.3) is 0 Å². The van der Waals surface area contributed by atoms with E-state index < -0.39 is 16.4 Å². The minimum atomic E-state index is -0.762. The Kier molecular flexibility index (Phi) is 4.42. The number of hydrogen-bond acceptors (Lipinski definition) is 7. The van der Waals surface area contributed by atoms with Crippen molar-refractivity contribution in [3.05, 3.63) is 57.9 Å². The Morgan fingerprint density at radius 1 is 1.48 bits per heavy atom. The molecule has 116 valence electrons. The summed E-state index contributed by atoms with van der Waals surface area (Å²) in [6.07, 6.45) is 1.50. The fourth-order valence-corrected chi connectivity index (χ4v) is 1.95. The van der Waals surface area contributed by atoms with Gasteiger partial charge < -0.3 is 15.6 Å². The van der Waals surface area contributed by atoms with Crippen molar-refractivity contribution in [2.24, 2.45) is 5.73 Å². The third-order valence-electron chi connectivity index (χ3n) is 3.08. The highest BCUT2D eigenvalue weighted by Crippen LogP contribution is 2.38. The van der Waals surface area contributed by atoms with Crippen molar-refractivity contribution in [2.45, 2.75) is 0 Å². The zero-order valence-electron chi connectivity index (χ0n) is 12.1. The number of nitro groups is 1. The molecule has 0 atom stereocenters. The van der Waals surface area contributed by atoms with Crippen LogP contribution in [-0.2, 0) is 0 Å². The Morgan fingerprint density at radius 2 is 2.22 bits per heavy atom. The van der Waals surface area contributed by atoms with Crippen molar-refractivity contribution >= 4 is 17.0 Å². The largest absolute Gasteiger partial charge is 0.500 e. The van der Waals surface area contributed by atoms with Gasteiger partial charge in [-0.2, -0.15) is 5.26 Å². The van der Waals surface area contributed by atoms with E-state index in [1.807, 2.05) is 6.07 Å². The lowest BCUT2D eigenvalue weighted by Gasteiger charge is -2.09. The van der Waals surface area contributed by atoms with Gasteiger partial charge in [0.15, 0.2) is 5.75 Å². The highest BCUT2D eigenvalue weighted by molar-refractivity contribution is 5.95. The second kappa shape index (κ2) is 6.44. The molecule has 0 radical (unpaired) electrons. The summed E-state index contributed by atoms with van der Waals surface area (Å²) in [5.41, 5.74) is 5.98. The number of methoxy groups -OCH3 is 1. The summed E-state index contributed by atoms with van der Waals surface area (Å²) in [6.45, 7) is 0. The maximum Gasteiger partial charge on any atom is 0.315 e. The normalized spacial score (nSPS) is 11.3. The second-order valence-corrected chi connectivity index (χ2v) is 4.42. The SMILES string of the molecule is COc1cc(/C(N)=C(\C#N)c2ccccn2)cc([N+](=O)[O-])c1O. The third-order valence-corrected chi connectivity index (χ3v) is 3.08. The van der Waals surface area contributed by atoms with Crippen molar-refractivity contribution in [3.8, 4) is 17.6 Å². The smallest absolute Gasteiger partial charge is 0.315 e. The van der Waals surface area contributed by atoms with Crippen molar-refractivity contribution < 1.29 is 14.8 Å². The van der Waals surface area contributed by atoms with Crippen molar-refractivity contribution in [2.75, 3.05) is 7.11 Å². The Bertz CT molecular complexity index is 825. The van der Waals surface area contributed by atoms with E-state index in [4.69, 9.17) is 10.5 Å². The van der Waals surface area contributed by atoms with Crippen LogP contribution in [-0.4, -0.2) is 22.1 Å². The molecule has 0 spiro atoms. The van der Waals surface area contributed by atoms with Gasteiger partial charge >= 0.3 is 5.69 Å². The van der Waals surface area contributed by atoms with Gasteiger partial charge in [-0.25, -0.2) is 0 Å². The van der Waals surface area contributed by atoms with E-state index in [-0.39, 0.29) is 22.6 Å². The standard InChI is InChI=1S/C15H12N4O4/c1-23-13-7-9(6-12(15(13)20)19(21)22)14(17)10(8-16)11-4-2-3-5-18-11/h2-7,20H,17H2,1H3/b14-10-. The molecule has 2 aromatic rings. The number of nitro benzene ring substituents is 1. The number of nitrogens with zero attached hydrogens (tertiary/aromatic N) is 3. The van der Waals surface area contributed by atoms with E-state index in [1.54, 1.807) is 18.2 Å². The summed E-state index contributed by atoms with van der Waals surface area (Å²) in [5, 5.41) is 30.1. The molecule has 0 aliphatic carbocycles. The number of allylic oxidation sites excluding steroid dienone is 1. The second-order valence-electron chi connectivity index (χ2n) is 4.42. The number of ether oxygens (including phenoxy) is 1. The topological polar surface area (TPSA) is 135 Å². The molecule has 0 saturated carbocycles. The van der Waals surface area contributed by atoms with Crippen LogP contribution >= 0.6 is 0 Å². The van der Waals surface area contributed by atoms with E-state index in [2.05, 4.69) is 4.98 Å². The molecule has 1 aromatic carbocycles. The first-order chi connectivity index (χ1) is 11.0. The van der Waals surface area contributed by atoms with Crippen LogP contribution in [0.15, 0.2) is 36.5 Å². The molecule has 0 fully saturated rings. The highest BCUT2D eigenvalue weighted by Gasteiger charge is 2.22. The van der Waals surface area contributed by atoms with Gasteiger partial charge in [-0.1, -0.05) is 6.07 Å². The molecule has 3 N–H and O–H groups in total. The summed E-state index contributed by atoms with van der Waals surface area (Å²) in [4.78, 5) is 14.3. The zero-order chi connectivity index (χ0) is 17.0. The molecule has 0 aliphatic heterocycles. The number of pyridine rings is 1. The minimum absolute atomic E-state index is 0.00685. The Morgan fingerprint density at radius 3 is 2.74 bits per heavy atom. The number of phenols is 1. The maximum atomic E-state index is 11.0. The maximum absolute atomic E-state index is 11.0. The molecule has 0 aliphatic rings. The molecular weight excluding hydrogens is 300 g/mol. The van der Waals surface area contributed by atoms with Crippen LogP contribution in [0.2, 0.25) is 0 Å². The van der Waals surface area contributed by atoms with Gasteiger partial charge in [0.05, 0.1) is 23.4 Å². The first kappa shape index (κ1) is 15.8. The van der Waals surface area contributed by atoms with Gasteiger partial charge in [0.2, 0.25) is 5.75 Å². The minimum Gasteiger partial charge on any atom is -0.500 e. The average molecular weight is 312 g/mol. The molecular formula is C15H12N4O4. The number of aromatic nitrogens is 1. The summed E-state index contributed by atoms with van der Waals surface area (Å²) >= 11 is 0. The van der Waals surface area contributed by atoms with Crippen LogP contribution in [0.25, 0.3) is 11.3 Å². The molecule has 8 heteroatoms. The summed E-state index contributed by atoms with van der Waals surface area (Å²) in [7, 11) is 1.26. The van der Waals surface area contributed by atoms with E-state index in [9.17, 15) is 20.5 Å². The summed E-state index contributed by atoms with van der Waals surface area (Å²) < 4.78 is 4.91. The van der Waals surface area contributed by atoms with Gasteiger partial charge in [-0.05, 0) is 18.2 Å². The van der Waals surface area contributed by atoms with Gasteiger partial charge in [0, 0.05) is 17.8 Å². The van der Waals surface area contributed by atoms with Crippen molar-refractivity contribution in [3.63, 3.8) is 0 Å². The Labute approximate surface area is 131 Å². The summed E-state index contributed by atoms with van der Waals surface area (Å²) in [6, 6.07) is 9.30. The highest BCUT2D eigenvalue weighted by atomic mass is 16.6. The van der Waals surface area contributed by atoms with Gasteiger partial charge in [-0.15, -0.1) is 0 Å². The molecule has 0 unspecified atom stereocenters. The van der Waals surface area contributed by atoms with E-state index in [0.29, 0.717) is 5.69 Å². The predicted molar refractivity (Wildman–Crippen MR) is 82.2 cm³/mol. The number of rotatable bonds is 4. The fraction of sp³-hybridized carbons (Fsp3) is 0.0667. The number of phenolic OH excluding ortho intramolecular Hbond substituents is 1. The molecule has 1 heterocycles. The van der Waals surface area contributed by atoms with Crippen molar-refractivity contribution in [1.82, 2.24) is 4.98 Å². The molecule has 1 aromatic heterocycles. The number of benzene rings is 1. The monoisotopic (exact) mass is 312 g/mol. The fourth-order valence-electron chi connectivity index (χ4n) is 1.95. The van der Waals surface area contributed by atoms with E-state index >= 15 is 0 Å². The lowest BCUT2D eigenvalue weighted by Crippen LogP contribution is -2.03. The number of nitrogens with two attached hydrogens (primary N) is 1. The molecule has 8 nitrogen and oxygen atoms in total. The van der Waals surface area contributed by atoms with Gasteiger partial charge in [0.1, 0.15) is 11.6 Å². The average Bonchev–Trinajstić information content (AvgIpc) is 2.56. The Hall–Kier alpha value is -3.60. The van der Waals surface area contributed by atoms with Crippen molar-refractivity contribution in [1.29, 1.82) is 5.26 Å². The number of hydrogen-bond donors (Lipinski definition) is 2.